The quantitative estimate of drug-likeness (QED) is 0.643. The van der Waals surface area contributed by atoms with Gasteiger partial charge in [-0.1, -0.05) is 5.16 Å². The molecule has 0 atom stereocenters. The van der Waals surface area contributed by atoms with E-state index in [-0.39, 0.29) is 11.9 Å². The van der Waals surface area contributed by atoms with E-state index >= 15 is 0 Å². The van der Waals surface area contributed by atoms with Gasteiger partial charge in [0.15, 0.2) is 5.76 Å². The normalized spacial score (nSPS) is 10.5. The van der Waals surface area contributed by atoms with Crippen molar-refractivity contribution < 1.29 is 4.52 Å². The maximum atomic E-state index is 5.61. The maximum absolute atomic E-state index is 5.61. The van der Waals surface area contributed by atoms with Gasteiger partial charge in [0.05, 0.1) is 12.7 Å². The monoisotopic (exact) mass is 259 g/mol. The van der Waals surface area contributed by atoms with E-state index in [9.17, 15) is 0 Å². The van der Waals surface area contributed by atoms with Crippen molar-refractivity contribution in [3.63, 3.8) is 0 Å². The van der Waals surface area contributed by atoms with Crippen LogP contribution in [0.4, 0.5) is 11.9 Å². The minimum atomic E-state index is 0.0839. The van der Waals surface area contributed by atoms with Gasteiger partial charge < -0.3 is 15.6 Å². The van der Waals surface area contributed by atoms with E-state index in [0.29, 0.717) is 18.3 Å². The lowest BCUT2D eigenvalue weighted by atomic mass is 10.4. The van der Waals surface area contributed by atoms with E-state index in [4.69, 9.17) is 10.3 Å². The summed E-state index contributed by atoms with van der Waals surface area (Å²) >= 11 is 0. The van der Waals surface area contributed by atoms with Crippen molar-refractivity contribution in [2.24, 2.45) is 0 Å². The molecule has 10 heteroatoms. The Bertz CT molecular complexity index is 648. The Kier molecular flexibility index (Phi) is 2.73. The van der Waals surface area contributed by atoms with Gasteiger partial charge in [-0.15, -0.1) is 0 Å². The number of nitrogens with two attached hydrogens (primary N) is 1. The van der Waals surface area contributed by atoms with Crippen LogP contribution in [-0.4, -0.2) is 34.9 Å². The van der Waals surface area contributed by atoms with Crippen LogP contribution in [0.5, 0.6) is 0 Å². The van der Waals surface area contributed by atoms with Crippen molar-refractivity contribution in [3.05, 3.63) is 30.7 Å². The van der Waals surface area contributed by atoms with Gasteiger partial charge in [0, 0.05) is 6.07 Å². The third kappa shape index (κ3) is 2.46. The molecule has 0 bridgehead atoms. The molecule has 3 aromatic rings. The van der Waals surface area contributed by atoms with Crippen molar-refractivity contribution in [2.45, 2.75) is 6.54 Å². The Balaban J connectivity index is 1.82. The maximum Gasteiger partial charge on any atom is 0.258 e. The number of nitrogen functional groups attached to an aromatic ring is 1. The van der Waals surface area contributed by atoms with Crippen LogP contribution in [0.3, 0.4) is 0 Å². The molecule has 0 saturated carbocycles. The van der Waals surface area contributed by atoms with Gasteiger partial charge in [0.2, 0.25) is 11.9 Å². The van der Waals surface area contributed by atoms with Gasteiger partial charge in [0.25, 0.3) is 5.95 Å². The van der Waals surface area contributed by atoms with Crippen molar-refractivity contribution in [1.29, 1.82) is 0 Å². The molecule has 0 unspecified atom stereocenters. The van der Waals surface area contributed by atoms with Crippen LogP contribution in [0.1, 0.15) is 5.76 Å². The largest absolute Gasteiger partial charge is 0.368 e. The third-order valence-corrected chi connectivity index (χ3v) is 2.18. The molecule has 0 aliphatic rings. The van der Waals surface area contributed by atoms with Gasteiger partial charge in [0.1, 0.15) is 12.7 Å². The van der Waals surface area contributed by atoms with E-state index in [0.717, 1.165) is 0 Å². The topological polar surface area (TPSA) is 133 Å². The second-order valence-corrected chi connectivity index (χ2v) is 3.49. The van der Waals surface area contributed by atoms with Crippen molar-refractivity contribution in [3.8, 4) is 5.95 Å². The third-order valence-electron chi connectivity index (χ3n) is 2.18. The molecular weight excluding hydrogens is 250 g/mol. The molecule has 3 heterocycles. The summed E-state index contributed by atoms with van der Waals surface area (Å²) < 4.78 is 6.33. The fourth-order valence-electron chi connectivity index (χ4n) is 1.37. The number of hydrogen-bond donors (Lipinski definition) is 2. The Morgan fingerprint density at radius 1 is 1.32 bits per heavy atom. The summed E-state index contributed by atoms with van der Waals surface area (Å²) in [5.41, 5.74) is 5.61. The van der Waals surface area contributed by atoms with Crippen LogP contribution in [0.2, 0.25) is 0 Å². The summed E-state index contributed by atoms with van der Waals surface area (Å²) in [6.45, 7) is 0.389. The Morgan fingerprint density at radius 3 is 3.00 bits per heavy atom. The molecular formula is C9H9N9O. The van der Waals surface area contributed by atoms with Gasteiger partial charge in [-0.2, -0.15) is 24.7 Å². The highest BCUT2D eigenvalue weighted by molar-refractivity contribution is 5.34. The van der Waals surface area contributed by atoms with E-state index in [1.54, 1.807) is 12.3 Å². The number of hydrogen-bond acceptors (Lipinski definition) is 9. The van der Waals surface area contributed by atoms with E-state index < -0.39 is 0 Å². The van der Waals surface area contributed by atoms with Crippen LogP contribution < -0.4 is 11.1 Å². The summed E-state index contributed by atoms with van der Waals surface area (Å²) in [5.74, 6) is 1.33. The second-order valence-electron chi connectivity index (χ2n) is 3.49. The lowest BCUT2D eigenvalue weighted by Gasteiger charge is -2.05. The van der Waals surface area contributed by atoms with Gasteiger partial charge in [-0.05, 0) is 0 Å². The fourth-order valence-corrected chi connectivity index (χ4v) is 1.37. The Labute approximate surface area is 106 Å². The number of anilines is 2. The highest BCUT2D eigenvalue weighted by Gasteiger charge is 2.07. The van der Waals surface area contributed by atoms with Crippen LogP contribution in [0, 0.1) is 0 Å². The smallest absolute Gasteiger partial charge is 0.258 e. The van der Waals surface area contributed by atoms with Crippen molar-refractivity contribution >= 4 is 11.9 Å². The molecule has 96 valence electrons. The zero-order valence-corrected chi connectivity index (χ0v) is 9.63. The van der Waals surface area contributed by atoms with Crippen LogP contribution >= 0.6 is 0 Å². The number of aromatic nitrogens is 7. The SMILES string of the molecule is Nc1nc(NCc2ccno2)nc(-n2cncn2)n1. The summed E-state index contributed by atoms with van der Waals surface area (Å²) in [7, 11) is 0. The molecule has 0 aromatic carbocycles. The van der Waals surface area contributed by atoms with E-state index in [1.807, 2.05) is 0 Å². The van der Waals surface area contributed by atoms with Gasteiger partial charge in [-0.25, -0.2) is 4.98 Å². The predicted molar refractivity (Wildman–Crippen MR) is 63.0 cm³/mol. The van der Waals surface area contributed by atoms with Crippen molar-refractivity contribution in [1.82, 2.24) is 34.9 Å². The minimum Gasteiger partial charge on any atom is -0.368 e. The minimum absolute atomic E-state index is 0.0839. The molecule has 0 spiro atoms. The molecule has 3 aromatic heterocycles. The molecule has 0 radical (unpaired) electrons. The average Bonchev–Trinajstić information content (AvgIpc) is 3.09. The first-order valence-electron chi connectivity index (χ1n) is 5.31. The lowest BCUT2D eigenvalue weighted by molar-refractivity contribution is 0.387. The first-order chi connectivity index (χ1) is 9.31. The molecule has 0 aliphatic carbocycles. The second kappa shape index (κ2) is 4.68. The zero-order chi connectivity index (χ0) is 13.1. The molecule has 10 nitrogen and oxygen atoms in total. The van der Waals surface area contributed by atoms with Crippen molar-refractivity contribution in [2.75, 3.05) is 11.1 Å². The number of nitrogens with one attached hydrogen (secondary N) is 1. The highest BCUT2D eigenvalue weighted by atomic mass is 16.5. The summed E-state index contributed by atoms with van der Waals surface area (Å²) in [6, 6.07) is 1.73. The van der Waals surface area contributed by atoms with Crippen LogP contribution in [0.15, 0.2) is 29.4 Å². The molecule has 0 saturated heterocycles. The van der Waals surface area contributed by atoms with Crippen LogP contribution in [-0.2, 0) is 6.54 Å². The number of rotatable bonds is 4. The molecule has 0 aliphatic heterocycles. The summed E-state index contributed by atoms with van der Waals surface area (Å²) in [5, 5.41) is 10.5. The summed E-state index contributed by atoms with van der Waals surface area (Å²) in [4.78, 5) is 15.9. The zero-order valence-electron chi connectivity index (χ0n) is 9.63. The molecule has 3 rings (SSSR count). The predicted octanol–water partition coefficient (Wildman–Crippen LogP) is -0.365. The molecule has 0 fully saturated rings. The Morgan fingerprint density at radius 2 is 2.26 bits per heavy atom. The average molecular weight is 259 g/mol. The fraction of sp³-hybridized carbons (Fsp3) is 0.111. The molecule has 0 amide bonds. The lowest BCUT2D eigenvalue weighted by Crippen LogP contribution is -2.11. The van der Waals surface area contributed by atoms with E-state index in [1.165, 1.54) is 17.3 Å². The van der Waals surface area contributed by atoms with Gasteiger partial charge in [-0.3, -0.25) is 0 Å². The molecule has 19 heavy (non-hydrogen) atoms. The standard InChI is InChI=1S/C9H9N9O/c10-7-15-8(12-3-6-1-2-14-19-6)17-9(16-7)18-5-11-4-13-18/h1-2,4-5H,3H2,(H3,10,12,15,16,17). The van der Waals surface area contributed by atoms with Crippen LogP contribution in [0.25, 0.3) is 5.95 Å². The van der Waals surface area contributed by atoms with Gasteiger partial charge >= 0.3 is 0 Å². The number of nitrogens with zero attached hydrogens (tertiary/aromatic N) is 7. The first-order valence-corrected chi connectivity index (χ1v) is 5.31. The Hall–Kier alpha value is -3.04. The molecule has 3 N–H and O–H groups in total. The summed E-state index contributed by atoms with van der Waals surface area (Å²) in [6.07, 6.45) is 4.40. The highest BCUT2D eigenvalue weighted by Crippen LogP contribution is 2.07. The van der Waals surface area contributed by atoms with E-state index in [2.05, 4.69) is 35.5 Å². The first kappa shape index (κ1) is 11.1.